The van der Waals surface area contributed by atoms with Crippen molar-refractivity contribution in [2.45, 2.75) is 57.2 Å². The van der Waals surface area contributed by atoms with Gasteiger partial charge in [0.2, 0.25) is 5.95 Å². The molecule has 2 atom stereocenters. The maximum absolute atomic E-state index is 15.2. The van der Waals surface area contributed by atoms with E-state index in [1.54, 1.807) is 24.4 Å². The van der Waals surface area contributed by atoms with Crippen LogP contribution < -0.4 is 11.1 Å². The Bertz CT molecular complexity index is 1520. The Kier molecular flexibility index (Phi) is 6.14. The van der Waals surface area contributed by atoms with Crippen LogP contribution in [0.2, 0.25) is 0 Å². The number of fused-ring (bicyclic) bond motifs is 2. The van der Waals surface area contributed by atoms with E-state index in [1.807, 2.05) is 0 Å². The van der Waals surface area contributed by atoms with Crippen LogP contribution in [0, 0.1) is 6.92 Å². The fourth-order valence-corrected chi connectivity index (χ4v) is 5.57. The molecule has 14 heteroatoms. The highest BCUT2D eigenvalue weighted by molar-refractivity contribution is 5.88. The van der Waals surface area contributed by atoms with Gasteiger partial charge in [0.25, 0.3) is 0 Å². The number of piperidine rings is 1. The number of nitrogen functional groups attached to an aromatic ring is 1. The van der Waals surface area contributed by atoms with Crippen LogP contribution in [0.25, 0.3) is 27.9 Å². The van der Waals surface area contributed by atoms with Gasteiger partial charge < -0.3 is 20.4 Å². The number of rotatable bonds is 6. The van der Waals surface area contributed by atoms with Crippen LogP contribution in [-0.4, -0.2) is 84.3 Å². The summed E-state index contributed by atoms with van der Waals surface area (Å²) in [6.45, 7) is 4.72. The Morgan fingerprint density at radius 1 is 1.18 bits per heavy atom. The smallest absolute Gasteiger partial charge is 0.382 e. The van der Waals surface area contributed by atoms with E-state index in [2.05, 4.69) is 37.2 Å². The van der Waals surface area contributed by atoms with Crippen molar-refractivity contribution in [2.75, 3.05) is 37.4 Å². The lowest BCUT2D eigenvalue weighted by Crippen LogP contribution is -2.66. The molecule has 0 radical (unpaired) electrons. The molecular formula is C25H29F4N9O. The zero-order valence-electron chi connectivity index (χ0n) is 21.5. The Hall–Kier alpha value is -3.52. The van der Waals surface area contributed by atoms with E-state index in [9.17, 15) is 13.2 Å². The van der Waals surface area contributed by atoms with Gasteiger partial charge in [-0.15, -0.1) is 5.10 Å². The largest absolute Gasteiger partial charge is 0.406 e. The van der Waals surface area contributed by atoms with Crippen LogP contribution in [-0.2, 0) is 11.3 Å². The van der Waals surface area contributed by atoms with Gasteiger partial charge in [-0.05, 0) is 38.0 Å². The molecule has 0 aliphatic carbocycles. The van der Waals surface area contributed by atoms with Crippen molar-refractivity contribution < 1.29 is 22.3 Å². The number of nitrogens with one attached hydrogen (secondary N) is 1. The summed E-state index contributed by atoms with van der Waals surface area (Å²) in [7, 11) is 0. The average molecular weight is 548 g/mol. The number of pyridine rings is 1. The van der Waals surface area contributed by atoms with Crippen LogP contribution in [0.15, 0.2) is 24.4 Å². The topological polar surface area (TPSA) is 111 Å². The minimum atomic E-state index is -4.42. The molecule has 0 aromatic carbocycles. The van der Waals surface area contributed by atoms with Crippen LogP contribution in [0.4, 0.5) is 29.3 Å². The van der Waals surface area contributed by atoms with Crippen molar-refractivity contribution in [1.82, 2.24) is 34.0 Å². The molecule has 6 rings (SSSR count). The maximum Gasteiger partial charge on any atom is 0.406 e. The summed E-state index contributed by atoms with van der Waals surface area (Å²) in [5.41, 5.74) is 8.14. The molecular weight excluding hydrogens is 518 g/mol. The predicted octanol–water partition coefficient (Wildman–Crippen LogP) is 3.60. The number of likely N-dealkylation sites (tertiary alicyclic amines) is 1. The monoisotopic (exact) mass is 547 g/mol. The highest BCUT2D eigenvalue weighted by Gasteiger charge is 2.46. The lowest BCUT2D eigenvalue weighted by atomic mass is 9.88. The summed E-state index contributed by atoms with van der Waals surface area (Å²) in [6.07, 6.45) is -2.38. The lowest BCUT2D eigenvalue weighted by molar-refractivity contribution is -0.153. The van der Waals surface area contributed by atoms with E-state index in [0.717, 1.165) is 17.5 Å². The van der Waals surface area contributed by atoms with E-state index < -0.39 is 24.9 Å². The second-order valence-electron chi connectivity index (χ2n) is 10.3. The van der Waals surface area contributed by atoms with Crippen LogP contribution >= 0.6 is 0 Å². The number of aryl methyl sites for hydroxylation is 1. The summed E-state index contributed by atoms with van der Waals surface area (Å²) < 4.78 is 62.6. The molecule has 0 amide bonds. The summed E-state index contributed by atoms with van der Waals surface area (Å²) >= 11 is 0. The molecule has 6 heterocycles. The van der Waals surface area contributed by atoms with Crippen molar-refractivity contribution in [2.24, 2.45) is 0 Å². The molecule has 0 saturated carbocycles. The number of alkyl halides is 4. The predicted molar refractivity (Wildman–Crippen MR) is 137 cm³/mol. The lowest BCUT2D eigenvalue weighted by Gasteiger charge is -2.52. The number of halogens is 4. The van der Waals surface area contributed by atoms with E-state index in [-0.39, 0.29) is 28.8 Å². The quantitative estimate of drug-likeness (QED) is 0.353. The fourth-order valence-electron chi connectivity index (χ4n) is 5.57. The number of nitrogens with zero attached hydrogens (tertiary/aromatic N) is 7. The van der Waals surface area contributed by atoms with Crippen LogP contribution in [0.3, 0.4) is 0 Å². The van der Waals surface area contributed by atoms with Gasteiger partial charge in [0.15, 0.2) is 11.5 Å². The SMILES string of the molecule is CCC1(N2CC[C@H](Nc3nc(N)c4c(-c5ccc6nc(C)n(CC(F)(F)F)c6n5)ccn4n3)[C@H](F)C2)COC1. The molecule has 2 fully saturated rings. The highest BCUT2D eigenvalue weighted by Crippen LogP contribution is 2.33. The summed E-state index contributed by atoms with van der Waals surface area (Å²) in [5, 5.41) is 7.58. The zero-order valence-corrected chi connectivity index (χ0v) is 21.5. The number of hydrogen-bond donors (Lipinski definition) is 2. The maximum atomic E-state index is 15.2. The van der Waals surface area contributed by atoms with Crippen molar-refractivity contribution in [3.8, 4) is 11.3 Å². The summed E-state index contributed by atoms with van der Waals surface area (Å²) in [4.78, 5) is 15.2. The van der Waals surface area contributed by atoms with Crippen LogP contribution in [0.1, 0.15) is 25.6 Å². The first-order chi connectivity index (χ1) is 18.6. The van der Waals surface area contributed by atoms with Gasteiger partial charge in [0.05, 0.1) is 30.5 Å². The number of aromatic nitrogens is 6. The number of hydrogen-bond acceptors (Lipinski definition) is 8. The van der Waals surface area contributed by atoms with Crippen molar-refractivity contribution in [3.63, 3.8) is 0 Å². The van der Waals surface area contributed by atoms with E-state index in [4.69, 9.17) is 10.5 Å². The number of ether oxygens (including phenoxy) is 1. The molecule has 0 unspecified atom stereocenters. The summed E-state index contributed by atoms with van der Waals surface area (Å²) in [5.74, 6) is 0.552. The minimum absolute atomic E-state index is 0.0725. The first kappa shape index (κ1) is 25.7. The molecule has 2 saturated heterocycles. The molecule has 4 aromatic heterocycles. The normalized spacial score (nSPS) is 21.9. The second kappa shape index (κ2) is 9.30. The van der Waals surface area contributed by atoms with Gasteiger partial charge in [-0.1, -0.05) is 6.92 Å². The first-order valence-corrected chi connectivity index (χ1v) is 12.9. The number of imidazole rings is 1. The first-order valence-electron chi connectivity index (χ1n) is 12.9. The van der Waals surface area contributed by atoms with Crippen molar-refractivity contribution in [3.05, 3.63) is 30.2 Å². The van der Waals surface area contributed by atoms with Gasteiger partial charge in [-0.3, -0.25) is 4.90 Å². The van der Waals surface area contributed by atoms with E-state index >= 15 is 4.39 Å². The zero-order chi connectivity index (χ0) is 27.5. The molecule has 10 nitrogen and oxygen atoms in total. The Morgan fingerprint density at radius 3 is 2.64 bits per heavy atom. The standard InChI is InChI=1S/C25H29F4N9O/c1-3-24(12-39-13-24)36-8-7-18(16(26)10-36)33-23-34-21(30)20-15(6-9-38(20)35-23)17-4-5-19-22(32-17)37(14(2)31-19)11-25(27,28)29/h4-6,9,16,18H,3,7-8,10-13H2,1-2H3,(H3,30,33,34,35)/t16-,18+/m1/s1. The fraction of sp³-hybridized carbons (Fsp3) is 0.520. The Labute approximate surface area is 221 Å². The molecule has 0 spiro atoms. The van der Waals surface area contributed by atoms with Crippen molar-refractivity contribution in [1.29, 1.82) is 0 Å². The van der Waals surface area contributed by atoms with Gasteiger partial charge >= 0.3 is 6.18 Å². The molecule has 0 bridgehead atoms. The minimum Gasteiger partial charge on any atom is -0.382 e. The van der Waals surface area contributed by atoms with E-state index in [1.165, 1.54) is 11.4 Å². The third-order valence-electron chi connectivity index (χ3n) is 7.86. The number of anilines is 2. The molecule has 39 heavy (non-hydrogen) atoms. The van der Waals surface area contributed by atoms with E-state index in [0.29, 0.717) is 48.5 Å². The van der Waals surface area contributed by atoms with Crippen molar-refractivity contribution >= 4 is 28.4 Å². The average Bonchev–Trinajstić information content (AvgIpc) is 3.40. The third kappa shape index (κ3) is 4.54. The molecule has 2 aliphatic heterocycles. The Balaban J connectivity index is 1.25. The molecule has 3 N–H and O–H groups in total. The third-order valence-corrected chi connectivity index (χ3v) is 7.86. The Morgan fingerprint density at radius 2 is 1.97 bits per heavy atom. The van der Waals surface area contributed by atoms with Gasteiger partial charge in [-0.2, -0.15) is 18.2 Å². The molecule has 208 valence electrons. The van der Waals surface area contributed by atoms with Gasteiger partial charge in [-0.25, -0.2) is 18.9 Å². The van der Waals surface area contributed by atoms with Gasteiger partial charge in [0, 0.05) is 24.8 Å². The second-order valence-corrected chi connectivity index (χ2v) is 10.3. The summed E-state index contributed by atoms with van der Waals surface area (Å²) in [6, 6.07) is 4.55. The molecule has 4 aromatic rings. The van der Waals surface area contributed by atoms with Crippen LogP contribution in [0.5, 0.6) is 0 Å². The molecule has 2 aliphatic rings. The number of nitrogens with two attached hydrogens (primary N) is 1. The van der Waals surface area contributed by atoms with Gasteiger partial charge in [0.1, 0.15) is 29.6 Å². The highest BCUT2D eigenvalue weighted by atomic mass is 19.4.